The third-order valence-electron chi connectivity index (χ3n) is 5.04. The summed E-state index contributed by atoms with van der Waals surface area (Å²) in [6.07, 6.45) is 1.70. The van der Waals surface area contributed by atoms with Gasteiger partial charge in [0, 0.05) is 11.8 Å². The van der Waals surface area contributed by atoms with Gasteiger partial charge in [-0.05, 0) is 37.6 Å². The van der Waals surface area contributed by atoms with E-state index < -0.39 is 0 Å². The van der Waals surface area contributed by atoms with Gasteiger partial charge in [-0.3, -0.25) is 9.89 Å². The quantitative estimate of drug-likeness (QED) is 0.398. The molecule has 5 rings (SSSR count). The molecule has 5 aromatic rings. The second kappa shape index (κ2) is 7.77. The van der Waals surface area contributed by atoms with E-state index in [0.717, 1.165) is 21.3 Å². The average Bonchev–Trinajstić information content (AvgIpc) is 3.37. The van der Waals surface area contributed by atoms with Gasteiger partial charge in [0.05, 0.1) is 27.2 Å². The van der Waals surface area contributed by atoms with Crippen molar-refractivity contribution in [3.8, 4) is 16.4 Å². The Morgan fingerprint density at radius 3 is 2.58 bits per heavy atom. The highest BCUT2D eigenvalue weighted by Gasteiger charge is 2.21. The average molecular weight is 426 g/mol. The number of rotatable bonds is 4. The molecule has 152 valence electrons. The lowest BCUT2D eigenvalue weighted by Crippen LogP contribution is -2.19. The van der Waals surface area contributed by atoms with Crippen LogP contribution in [0, 0.1) is 6.92 Å². The second-order valence-corrected chi connectivity index (χ2v) is 8.18. The third-order valence-corrected chi connectivity index (χ3v) is 6.07. The molecule has 0 radical (unpaired) electrons. The topological polar surface area (TPSA) is 75.9 Å². The van der Waals surface area contributed by atoms with Crippen molar-refractivity contribution >= 4 is 33.1 Å². The predicted octanol–water partition coefficient (Wildman–Crippen LogP) is 5.29. The van der Waals surface area contributed by atoms with Gasteiger partial charge < -0.3 is 0 Å². The van der Waals surface area contributed by atoms with E-state index in [2.05, 4.69) is 20.1 Å². The minimum absolute atomic E-state index is 0.187. The Morgan fingerprint density at radius 1 is 1.03 bits per heavy atom. The summed E-state index contributed by atoms with van der Waals surface area (Å²) in [5.41, 5.74) is 4.35. The Labute approximate surface area is 182 Å². The number of H-pyrrole nitrogens is 1. The number of thiazole rings is 1. The van der Waals surface area contributed by atoms with Crippen molar-refractivity contribution in [2.75, 3.05) is 0 Å². The Balaban J connectivity index is 1.73. The summed E-state index contributed by atoms with van der Waals surface area (Å²) in [5, 5.41) is 3.87. The lowest BCUT2D eigenvalue weighted by Gasteiger charge is -2.03. The number of hydrogen-bond donors (Lipinski definition) is 1. The molecule has 0 saturated heterocycles. The monoisotopic (exact) mass is 425 g/mol. The van der Waals surface area contributed by atoms with E-state index in [1.54, 1.807) is 6.20 Å². The first-order valence-electron chi connectivity index (χ1n) is 9.85. The van der Waals surface area contributed by atoms with Crippen LogP contribution >= 0.6 is 11.3 Å². The molecule has 0 aliphatic carbocycles. The van der Waals surface area contributed by atoms with E-state index >= 15 is 0 Å². The molecule has 0 amide bonds. The minimum atomic E-state index is -0.187. The van der Waals surface area contributed by atoms with Crippen molar-refractivity contribution in [3.05, 3.63) is 94.4 Å². The number of aliphatic imine (C=N–C) groups is 1. The standard InChI is InChI=1S/C24H19N5OS/c1-15-9-8-14-25-22(15)26-16(2)20-21(17-10-4-3-5-11-17)28-29(23(20)30)24-27-18-12-6-7-13-19(18)31-24/h3-14,28H,1-2H3/b26-16+. The predicted molar refractivity (Wildman–Crippen MR) is 126 cm³/mol. The summed E-state index contributed by atoms with van der Waals surface area (Å²) in [6.45, 7) is 3.79. The molecule has 0 unspecified atom stereocenters. The molecule has 6 nitrogen and oxygen atoms in total. The smallest absolute Gasteiger partial charge is 0.283 e. The van der Waals surface area contributed by atoms with Crippen LogP contribution in [-0.4, -0.2) is 25.5 Å². The fourth-order valence-corrected chi connectivity index (χ4v) is 4.41. The molecule has 0 atom stereocenters. The molecule has 3 heterocycles. The largest absolute Gasteiger partial charge is 0.288 e. The lowest BCUT2D eigenvalue weighted by molar-refractivity contribution is 0.845. The molecule has 0 aliphatic rings. The molecule has 0 saturated carbocycles. The Morgan fingerprint density at radius 2 is 1.81 bits per heavy atom. The lowest BCUT2D eigenvalue weighted by atomic mass is 10.1. The number of pyridine rings is 1. The van der Waals surface area contributed by atoms with Crippen molar-refractivity contribution < 1.29 is 0 Å². The molecule has 0 spiro atoms. The summed E-state index contributed by atoms with van der Waals surface area (Å²) in [4.78, 5) is 27.2. The summed E-state index contributed by atoms with van der Waals surface area (Å²) in [6, 6.07) is 21.5. The maximum absolute atomic E-state index is 13.6. The molecular weight excluding hydrogens is 406 g/mol. The van der Waals surface area contributed by atoms with Crippen LogP contribution < -0.4 is 5.56 Å². The van der Waals surface area contributed by atoms with Gasteiger partial charge in [0.15, 0.2) is 5.82 Å². The maximum Gasteiger partial charge on any atom is 0.283 e. The highest BCUT2D eigenvalue weighted by Crippen LogP contribution is 2.27. The van der Waals surface area contributed by atoms with Crippen LogP contribution in [0.1, 0.15) is 18.1 Å². The molecule has 0 aliphatic heterocycles. The second-order valence-electron chi connectivity index (χ2n) is 7.17. The van der Waals surface area contributed by atoms with Crippen molar-refractivity contribution in [2.24, 2.45) is 4.99 Å². The van der Waals surface area contributed by atoms with E-state index in [0.29, 0.717) is 27.9 Å². The fraction of sp³-hybridized carbons (Fsp3) is 0.0833. The van der Waals surface area contributed by atoms with Crippen LogP contribution in [0.2, 0.25) is 0 Å². The highest BCUT2D eigenvalue weighted by atomic mass is 32.1. The van der Waals surface area contributed by atoms with Crippen LogP contribution in [0.4, 0.5) is 5.82 Å². The molecule has 31 heavy (non-hydrogen) atoms. The van der Waals surface area contributed by atoms with Gasteiger partial charge in [0.25, 0.3) is 5.56 Å². The number of nitrogens with zero attached hydrogens (tertiary/aromatic N) is 4. The number of benzene rings is 2. The Hall–Kier alpha value is -3.84. The van der Waals surface area contributed by atoms with Crippen molar-refractivity contribution in [1.29, 1.82) is 0 Å². The zero-order chi connectivity index (χ0) is 21.4. The normalized spacial score (nSPS) is 11.9. The van der Waals surface area contributed by atoms with Crippen LogP contribution in [0.3, 0.4) is 0 Å². The number of aromatic nitrogens is 4. The maximum atomic E-state index is 13.6. The van der Waals surface area contributed by atoms with Gasteiger partial charge in [-0.2, -0.15) is 4.68 Å². The first-order chi connectivity index (χ1) is 15.1. The number of nitrogens with one attached hydrogen (secondary N) is 1. The van der Waals surface area contributed by atoms with Crippen LogP contribution in [-0.2, 0) is 0 Å². The minimum Gasteiger partial charge on any atom is -0.288 e. The van der Waals surface area contributed by atoms with Gasteiger partial charge in [0.1, 0.15) is 0 Å². The van der Waals surface area contributed by atoms with Gasteiger partial charge in [-0.15, -0.1) is 0 Å². The first-order valence-corrected chi connectivity index (χ1v) is 10.7. The van der Waals surface area contributed by atoms with E-state index in [1.807, 2.05) is 80.6 Å². The van der Waals surface area contributed by atoms with Gasteiger partial charge >= 0.3 is 0 Å². The van der Waals surface area contributed by atoms with Crippen LogP contribution in [0.5, 0.6) is 0 Å². The van der Waals surface area contributed by atoms with Crippen LogP contribution in [0.25, 0.3) is 26.6 Å². The number of hydrogen-bond acceptors (Lipinski definition) is 5. The van der Waals surface area contributed by atoms with Gasteiger partial charge in [-0.1, -0.05) is 59.9 Å². The number of para-hydroxylation sites is 1. The molecule has 0 fully saturated rings. The number of aromatic amines is 1. The zero-order valence-electron chi connectivity index (χ0n) is 17.0. The fourth-order valence-electron chi connectivity index (χ4n) is 3.49. The summed E-state index contributed by atoms with van der Waals surface area (Å²) in [5.74, 6) is 0.603. The SMILES string of the molecule is C/C(=N\c1ncccc1C)c1c(-c2ccccc2)[nH]n(-c2nc3ccccc3s2)c1=O. The zero-order valence-corrected chi connectivity index (χ0v) is 17.9. The van der Waals surface area contributed by atoms with Crippen molar-refractivity contribution in [3.63, 3.8) is 0 Å². The third kappa shape index (κ3) is 3.49. The van der Waals surface area contributed by atoms with Crippen molar-refractivity contribution in [2.45, 2.75) is 13.8 Å². The van der Waals surface area contributed by atoms with Gasteiger partial charge in [0.2, 0.25) is 5.13 Å². The Kier molecular flexibility index (Phi) is 4.80. The van der Waals surface area contributed by atoms with E-state index in [9.17, 15) is 4.79 Å². The first kappa shape index (κ1) is 19.1. The molecule has 0 bridgehead atoms. The summed E-state index contributed by atoms with van der Waals surface area (Å²) in [7, 11) is 0. The number of aryl methyl sites for hydroxylation is 1. The number of fused-ring (bicyclic) bond motifs is 1. The van der Waals surface area contributed by atoms with Crippen molar-refractivity contribution in [1.82, 2.24) is 19.7 Å². The van der Waals surface area contributed by atoms with Gasteiger partial charge in [-0.25, -0.2) is 15.0 Å². The highest BCUT2D eigenvalue weighted by molar-refractivity contribution is 7.20. The molecular formula is C24H19N5OS. The molecule has 3 aromatic heterocycles. The summed E-state index contributed by atoms with van der Waals surface area (Å²) >= 11 is 1.47. The molecule has 2 aromatic carbocycles. The summed E-state index contributed by atoms with van der Waals surface area (Å²) < 4.78 is 2.53. The molecule has 7 heteroatoms. The van der Waals surface area contributed by atoms with Crippen LogP contribution in [0.15, 0.2) is 82.7 Å². The van der Waals surface area contributed by atoms with E-state index in [1.165, 1.54) is 16.0 Å². The van der Waals surface area contributed by atoms with E-state index in [4.69, 9.17) is 0 Å². The van der Waals surface area contributed by atoms with E-state index in [-0.39, 0.29) is 5.56 Å². The molecule has 1 N–H and O–H groups in total. The Bertz CT molecular complexity index is 1440.